The maximum Gasteiger partial charge on any atom is 0.257 e. The van der Waals surface area contributed by atoms with Crippen LogP contribution in [0, 0.1) is 11.6 Å². The van der Waals surface area contributed by atoms with Crippen LogP contribution in [-0.2, 0) is 0 Å². The van der Waals surface area contributed by atoms with Crippen molar-refractivity contribution in [3.63, 3.8) is 0 Å². The SMILES string of the molecule is O=C(NC1(CO)CCCCC1)c1c(F)cccc1F. The number of nitrogens with one attached hydrogen (secondary N) is 1. The van der Waals surface area contributed by atoms with Gasteiger partial charge in [-0.2, -0.15) is 0 Å². The van der Waals surface area contributed by atoms with Gasteiger partial charge in [0.1, 0.15) is 17.2 Å². The highest BCUT2D eigenvalue weighted by atomic mass is 19.1. The Bertz CT molecular complexity index is 450. The highest BCUT2D eigenvalue weighted by Gasteiger charge is 2.34. The lowest BCUT2D eigenvalue weighted by molar-refractivity contribution is 0.0750. The van der Waals surface area contributed by atoms with Crippen molar-refractivity contribution in [2.24, 2.45) is 0 Å². The van der Waals surface area contributed by atoms with Crippen LogP contribution in [0.2, 0.25) is 0 Å². The lowest BCUT2D eigenvalue weighted by Gasteiger charge is -2.36. The predicted octanol–water partition coefficient (Wildman–Crippen LogP) is 2.39. The van der Waals surface area contributed by atoms with Crippen molar-refractivity contribution in [1.82, 2.24) is 5.32 Å². The zero-order valence-corrected chi connectivity index (χ0v) is 10.6. The summed E-state index contributed by atoms with van der Waals surface area (Å²) in [5, 5.41) is 12.1. The normalized spacial score (nSPS) is 18.1. The maximum atomic E-state index is 13.5. The van der Waals surface area contributed by atoms with Gasteiger partial charge in [0.2, 0.25) is 0 Å². The van der Waals surface area contributed by atoms with Gasteiger partial charge in [0.05, 0.1) is 12.1 Å². The average molecular weight is 269 g/mol. The lowest BCUT2D eigenvalue weighted by Crippen LogP contribution is -2.52. The van der Waals surface area contributed by atoms with Gasteiger partial charge >= 0.3 is 0 Å². The molecule has 2 rings (SSSR count). The Morgan fingerprint density at radius 1 is 1.21 bits per heavy atom. The Morgan fingerprint density at radius 2 is 1.79 bits per heavy atom. The van der Waals surface area contributed by atoms with Crippen molar-refractivity contribution in [2.45, 2.75) is 37.6 Å². The highest BCUT2D eigenvalue weighted by Crippen LogP contribution is 2.28. The van der Waals surface area contributed by atoms with Gasteiger partial charge in [-0.3, -0.25) is 4.79 Å². The molecular formula is C14H17F2NO2. The third-order valence-electron chi connectivity index (χ3n) is 3.68. The molecule has 0 unspecified atom stereocenters. The summed E-state index contributed by atoms with van der Waals surface area (Å²) < 4.78 is 27.0. The number of aliphatic hydroxyl groups is 1. The van der Waals surface area contributed by atoms with E-state index in [2.05, 4.69) is 5.32 Å². The van der Waals surface area contributed by atoms with Gasteiger partial charge in [-0.25, -0.2) is 8.78 Å². The van der Waals surface area contributed by atoms with Gasteiger partial charge in [-0.1, -0.05) is 25.3 Å². The summed E-state index contributed by atoms with van der Waals surface area (Å²) in [5.41, 5.74) is -1.33. The molecule has 2 N–H and O–H groups in total. The smallest absolute Gasteiger partial charge is 0.257 e. The summed E-state index contributed by atoms with van der Waals surface area (Å²) in [6.45, 7) is -0.213. The molecule has 1 amide bonds. The molecule has 104 valence electrons. The second-order valence-electron chi connectivity index (χ2n) is 5.05. The average Bonchev–Trinajstić information content (AvgIpc) is 2.39. The molecule has 0 heterocycles. The number of amides is 1. The summed E-state index contributed by atoms with van der Waals surface area (Å²) in [6.07, 6.45) is 4.09. The number of carbonyl (C=O) groups excluding carboxylic acids is 1. The molecule has 0 saturated heterocycles. The summed E-state index contributed by atoms with van der Waals surface area (Å²) in [6, 6.07) is 3.30. The molecule has 19 heavy (non-hydrogen) atoms. The van der Waals surface area contributed by atoms with E-state index in [1.54, 1.807) is 0 Å². The van der Waals surface area contributed by atoms with Crippen molar-refractivity contribution in [1.29, 1.82) is 0 Å². The number of benzene rings is 1. The van der Waals surface area contributed by atoms with Crippen LogP contribution in [0.3, 0.4) is 0 Å². The first-order valence-corrected chi connectivity index (χ1v) is 6.45. The second-order valence-corrected chi connectivity index (χ2v) is 5.05. The lowest BCUT2D eigenvalue weighted by atomic mass is 9.82. The first-order chi connectivity index (χ1) is 9.08. The minimum absolute atomic E-state index is 0.213. The van der Waals surface area contributed by atoms with Gasteiger partial charge in [0.25, 0.3) is 5.91 Å². The zero-order chi connectivity index (χ0) is 13.9. The molecule has 1 aliphatic rings. The first-order valence-electron chi connectivity index (χ1n) is 6.45. The Kier molecular flexibility index (Phi) is 4.14. The summed E-state index contributed by atoms with van der Waals surface area (Å²) in [7, 11) is 0. The number of aliphatic hydroxyl groups excluding tert-OH is 1. The van der Waals surface area contributed by atoms with Crippen LogP contribution >= 0.6 is 0 Å². The van der Waals surface area contributed by atoms with Crippen LogP contribution in [0.1, 0.15) is 42.5 Å². The third-order valence-corrected chi connectivity index (χ3v) is 3.68. The minimum Gasteiger partial charge on any atom is -0.394 e. The molecule has 1 fully saturated rings. The van der Waals surface area contributed by atoms with Crippen LogP contribution in [0.5, 0.6) is 0 Å². The monoisotopic (exact) mass is 269 g/mol. The molecular weight excluding hydrogens is 252 g/mol. The Hall–Kier alpha value is -1.49. The topological polar surface area (TPSA) is 49.3 Å². The van der Waals surface area contributed by atoms with Crippen LogP contribution in [0.25, 0.3) is 0 Å². The van der Waals surface area contributed by atoms with E-state index >= 15 is 0 Å². The second kappa shape index (κ2) is 5.65. The molecule has 3 nitrogen and oxygen atoms in total. The van der Waals surface area contributed by atoms with Crippen molar-refractivity contribution in [3.8, 4) is 0 Å². The highest BCUT2D eigenvalue weighted by molar-refractivity contribution is 5.95. The summed E-state index contributed by atoms with van der Waals surface area (Å²) in [4.78, 5) is 12.0. The molecule has 1 aromatic carbocycles. The van der Waals surface area contributed by atoms with E-state index in [0.717, 1.165) is 31.4 Å². The fraction of sp³-hybridized carbons (Fsp3) is 0.500. The summed E-state index contributed by atoms with van der Waals surface area (Å²) >= 11 is 0. The molecule has 1 aliphatic carbocycles. The van der Waals surface area contributed by atoms with E-state index in [9.17, 15) is 18.7 Å². The van der Waals surface area contributed by atoms with E-state index in [0.29, 0.717) is 12.8 Å². The number of carbonyl (C=O) groups is 1. The summed E-state index contributed by atoms with van der Waals surface area (Å²) in [5.74, 6) is -2.57. The quantitative estimate of drug-likeness (QED) is 0.885. The van der Waals surface area contributed by atoms with Gasteiger partial charge in [0, 0.05) is 0 Å². The van der Waals surface area contributed by atoms with Crippen LogP contribution in [-0.4, -0.2) is 23.2 Å². The van der Waals surface area contributed by atoms with E-state index < -0.39 is 28.6 Å². The largest absolute Gasteiger partial charge is 0.394 e. The predicted molar refractivity (Wildman–Crippen MR) is 66.7 cm³/mol. The molecule has 0 atom stereocenters. The molecule has 1 aromatic rings. The van der Waals surface area contributed by atoms with Gasteiger partial charge in [-0.15, -0.1) is 0 Å². The van der Waals surface area contributed by atoms with Crippen molar-refractivity contribution >= 4 is 5.91 Å². The fourth-order valence-electron chi connectivity index (χ4n) is 2.57. The van der Waals surface area contributed by atoms with Crippen LogP contribution < -0.4 is 5.32 Å². The molecule has 0 aliphatic heterocycles. The maximum absolute atomic E-state index is 13.5. The molecule has 1 saturated carbocycles. The third kappa shape index (κ3) is 2.92. The van der Waals surface area contributed by atoms with Crippen molar-refractivity contribution in [3.05, 3.63) is 35.4 Å². The minimum atomic E-state index is -0.888. The van der Waals surface area contributed by atoms with E-state index in [1.807, 2.05) is 0 Å². The molecule has 0 bridgehead atoms. The van der Waals surface area contributed by atoms with Gasteiger partial charge in [0.15, 0.2) is 0 Å². The number of halogens is 2. The van der Waals surface area contributed by atoms with Crippen molar-refractivity contribution in [2.75, 3.05) is 6.61 Å². The van der Waals surface area contributed by atoms with E-state index in [4.69, 9.17) is 0 Å². The van der Waals surface area contributed by atoms with Crippen molar-refractivity contribution < 1.29 is 18.7 Å². The first kappa shape index (κ1) is 13.9. The fourth-order valence-corrected chi connectivity index (χ4v) is 2.57. The Labute approximate surface area is 110 Å². The number of rotatable bonds is 3. The standard InChI is InChI=1S/C14H17F2NO2/c15-10-5-4-6-11(16)12(10)13(19)17-14(9-18)7-2-1-3-8-14/h4-6,18H,1-3,7-9H2,(H,17,19). The van der Waals surface area contributed by atoms with Crippen LogP contribution in [0.4, 0.5) is 8.78 Å². The van der Waals surface area contributed by atoms with Gasteiger partial charge < -0.3 is 10.4 Å². The molecule has 0 spiro atoms. The molecule has 0 radical (unpaired) electrons. The van der Waals surface area contributed by atoms with Gasteiger partial charge in [-0.05, 0) is 25.0 Å². The van der Waals surface area contributed by atoms with Crippen LogP contribution in [0.15, 0.2) is 18.2 Å². The zero-order valence-electron chi connectivity index (χ0n) is 10.6. The van der Waals surface area contributed by atoms with E-state index in [1.165, 1.54) is 6.07 Å². The molecule has 0 aromatic heterocycles. The Morgan fingerprint density at radius 3 is 2.32 bits per heavy atom. The number of hydrogen-bond acceptors (Lipinski definition) is 2. The Balaban J connectivity index is 2.20. The van der Waals surface area contributed by atoms with E-state index in [-0.39, 0.29) is 6.61 Å². The number of hydrogen-bond donors (Lipinski definition) is 2. The molecule has 5 heteroatoms.